The third kappa shape index (κ3) is 1.97. The Kier molecular flexibility index (Phi) is 3.36. The first-order valence-corrected chi connectivity index (χ1v) is 7.38. The van der Waals surface area contributed by atoms with Crippen molar-refractivity contribution in [1.29, 1.82) is 0 Å². The molecule has 3 rings (SSSR count). The van der Waals surface area contributed by atoms with Crippen molar-refractivity contribution in [3.8, 4) is 0 Å². The quantitative estimate of drug-likeness (QED) is 0.811. The van der Waals surface area contributed by atoms with E-state index in [-0.39, 0.29) is 23.6 Å². The summed E-state index contributed by atoms with van der Waals surface area (Å²) >= 11 is 0. The highest BCUT2D eigenvalue weighted by molar-refractivity contribution is 5.77. The molecule has 112 valence electrons. The van der Waals surface area contributed by atoms with Gasteiger partial charge >= 0.3 is 12.0 Å². The highest BCUT2D eigenvalue weighted by Gasteiger charge is 2.59. The molecule has 1 saturated heterocycles. The second-order valence-electron chi connectivity index (χ2n) is 6.32. The van der Waals surface area contributed by atoms with Gasteiger partial charge in [0.15, 0.2) is 0 Å². The largest absolute Gasteiger partial charge is 0.481 e. The number of carbonyl (C=O) groups excluding carboxylic acids is 1. The molecule has 20 heavy (non-hydrogen) atoms. The van der Waals surface area contributed by atoms with E-state index in [4.69, 9.17) is 9.84 Å². The van der Waals surface area contributed by atoms with E-state index >= 15 is 0 Å². The third-order valence-corrected chi connectivity index (χ3v) is 5.48. The fraction of sp³-hybridized carbons (Fsp3) is 0.857. The van der Waals surface area contributed by atoms with Gasteiger partial charge < -0.3 is 20.1 Å². The van der Waals surface area contributed by atoms with E-state index in [0.717, 1.165) is 19.3 Å². The maximum Gasteiger partial charge on any atom is 0.317 e. The lowest BCUT2D eigenvalue weighted by atomic mass is 9.51. The Morgan fingerprint density at radius 3 is 2.65 bits per heavy atom. The summed E-state index contributed by atoms with van der Waals surface area (Å²) in [5.41, 5.74) is 0.149. The number of nitrogens with one attached hydrogen (secondary N) is 1. The molecular formula is C14H22N2O4. The van der Waals surface area contributed by atoms with Crippen LogP contribution in [0.3, 0.4) is 0 Å². The van der Waals surface area contributed by atoms with Gasteiger partial charge in [-0.25, -0.2) is 4.79 Å². The summed E-state index contributed by atoms with van der Waals surface area (Å²) < 4.78 is 5.49. The summed E-state index contributed by atoms with van der Waals surface area (Å²) in [5.74, 6) is -1.22. The van der Waals surface area contributed by atoms with Gasteiger partial charge in [0, 0.05) is 31.7 Å². The van der Waals surface area contributed by atoms with E-state index in [1.165, 1.54) is 6.42 Å². The van der Waals surface area contributed by atoms with Crippen LogP contribution in [0.25, 0.3) is 0 Å². The van der Waals surface area contributed by atoms with Crippen LogP contribution in [0.15, 0.2) is 0 Å². The van der Waals surface area contributed by atoms with Crippen LogP contribution in [0.2, 0.25) is 0 Å². The number of nitrogens with zero attached hydrogens (tertiary/aromatic N) is 1. The topological polar surface area (TPSA) is 78.9 Å². The Bertz CT molecular complexity index is 421. The number of aliphatic carboxylic acids is 1. The molecule has 3 fully saturated rings. The minimum absolute atomic E-state index is 0.112. The van der Waals surface area contributed by atoms with Crippen molar-refractivity contribution in [2.24, 2.45) is 11.3 Å². The van der Waals surface area contributed by atoms with Gasteiger partial charge in [0.1, 0.15) is 0 Å². The molecule has 3 aliphatic rings. The maximum atomic E-state index is 12.2. The SMILES string of the molecule is COC1CC(NC(=O)N2CCC(C(=O)O)C2)C12CCC2. The molecule has 2 N–H and O–H groups in total. The highest BCUT2D eigenvalue weighted by atomic mass is 16.5. The minimum Gasteiger partial charge on any atom is -0.481 e. The third-order valence-electron chi connectivity index (χ3n) is 5.48. The van der Waals surface area contributed by atoms with Gasteiger partial charge in [-0.3, -0.25) is 4.79 Å². The maximum absolute atomic E-state index is 12.2. The van der Waals surface area contributed by atoms with Crippen molar-refractivity contribution in [3.63, 3.8) is 0 Å². The fourth-order valence-corrected chi connectivity index (χ4v) is 3.92. The van der Waals surface area contributed by atoms with Crippen molar-refractivity contribution in [1.82, 2.24) is 10.2 Å². The Morgan fingerprint density at radius 1 is 1.40 bits per heavy atom. The Labute approximate surface area is 118 Å². The van der Waals surface area contributed by atoms with Gasteiger partial charge in [0.25, 0.3) is 0 Å². The summed E-state index contributed by atoms with van der Waals surface area (Å²) in [6, 6.07) is 0.0807. The first kappa shape index (κ1) is 13.7. The van der Waals surface area contributed by atoms with Crippen molar-refractivity contribution >= 4 is 12.0 Å². The monoisotopic (exact) mass is 282 g/mol. The molecule has 2 amide bonds. The van der Waals surface area contributed by atoms with Gasteiger partial charge in [0.05, 0.1) is 12.0 Å². The average Bonchev–Trinajstić information content (AvgIpc) is 2.81. The van der Waals surface area contributed by atoms with Crippen LogP contribution in [-0.2, 0) is 9.53 Å². The van der Waals surface area contributed by atoms with E-state index in [1.807, 2.05) is 0 Å². The minimum atomic E-state index is -0.807. The zero-order valence-corrected chi connectivity index (χ0v) is 11.8. The number of amides is 2. The van der Waals surface area contributed by atoms with Crippen molar-refractivity contribution < 1.29 is 19.4 Å². The number of hydrogen-bond acceptors (Lipinski definition) is 3. The van der Waals surface area contributed by atoms with Crippen molar-refractivity contribution in [2.45, 2.75) is 44.2 Å². The van der Waals surface area contributed by atoms with E-state index in [0.29, 0.717) is 19.5 Å². The standard InChI is InChI=1S/C14H22N2O4/c1-20-11-7-10(14(11)4-2-5-14)15-13(19)16-6-3-9(8-16)12(17)18/h9-11H,2-8H2,1H3,(H,15,19)(H,17,18). The van der Waals surface area contributed by atoms with Crippen LogP contribution >= 0.6 is 0 Å². The molecule has 6 nitrogen and oxygen atoms in total. The van der Waals surface area contributed by atoms with E-state index < -0.39 is 11.9 Å². The molecule has 0 radical (unpaired) electrons. The number of urea groups is 1. The number of likely N-dealkylation sites (tertiary alicyclic amines) is 1. The van der Waals surface area contributed by atoms with Gasteiger partial charge in [-0.1, -0.05) is 6.42 Å². The summed E-state index contributed by atoms with van der Waals surface area (Å²) in [4.78, 5) is 24.8. The van der Waals surface area contributed by atoms with Crippen LogP contribution in [0.4, 0.5) is 4.79 Å². The molecule has 0 bridgehead atoms. The van der Waals surface area contributed by atoms with E-state index in [2.05, 4.69) is 5.32 Å². The van der Waals surface area contributed by atoms with Gasteiger partial charge in [-0.15, -0.1) is 0 Å². The summed E-state index contributed by atoms with van der Waals surface area (Å²) in [6.07, 6.45) is 5.14. The molecule has 2 saturated carbocycles. The van der Waals surface area contributed by atoms with E-state index in [1.54, 1.807) is 12.0 Å². The molecular weight excluding hydrogens is 260 g/mol. The van der Waals surface area contributed by atoms with Crippen LogP contribution in [0.1, 0.15) is 32.1 Å². The lowest BCUT2D eigenvalue weighted by molar-refractivity contribution is -0.158. The molecule has 1 aliphatic heterocycles. The smallest absolute Gasteiger partial charge is 0.317 e. The number of ether oxygens (including phenoxy) is 1. The number of carboxylic acid groups (broad SMARTS) is 1. The molecule has 6 heteroatoms. The zero-order chi connectivity index (χ0) is 14.3. The highest BCUT2D eigenvalue weighted by Crippen LogP contribution is 2.57. The number of rotatable bonds is 3. The normalized spacial score (nSPS) is 34.5. The molecule has 1 heterocycles. The van der Waals surface area contributed by atoms with Gasteiger partial charge in [-0.05, 0) is 25.7 Å². The molecule has 3 atom stereocenters. The summed E-state index contributed by atoms with van der Waals surface area (Å²) in [7, 11) is 1.74. The molecule has 3 unspecified atom stereocenters. The number of carbonyl (C=O) groups is 2. The molecule has 0 aromatic heterocycles. The van der Waals surface area contributed by atoms with Gasteiger partial charge in [0.2, 0.25) is 0 Å². The fourth-order valence-electron chi connectivity index (χ4n) is 3.92. The average molecular weight is 282 g/mol. The number of methoxy groups -OCH3 is 1. The predicted octanol–water partition coefficient (Wildman–Crippen LogP) is 1.06. The van der Waals surface area contributed by atoms with Crippen LogP contribution in [0, 0.1) is 11.3 Å². The van der Waals surface area contributed by atoms with E-state index in [9.17, 15) is 9.59 Å². The molecule has 2 aliphatic carbocycles. The zero-order valence-electron chi connectivity index (χ0n) is 11.8. The van der Waals surface area contributed by atoms with Crippen molar-refractivity contribution in [3.05, 3.63) is 0 Å². The Balaban J connectivity index is 1.54. The number of hydrogen-bond donors (Lipinski definition) is 2. The molecule has 0 aromatic rings. The lowest BCUT2D eigenvalue weighted by Gasteiger charge is -2.60. The lowest BCUT2D eigenvalue weighted by Crippen LogP contribution is -2.68. The van der Waals surface area contributed by atoms with Crippen LogP contribution < -0.4 is 5.32 Å². The van der Waals surface area contributed by atoms with Crippen LogP contribution in [0.5, 0.6) is 0 Å². The van der Waals surface area contributed by atoms with Crippen LogP contribution in [-0.4, -0.2) is 54.4 Å². The predicted molar refractivity (Wildman–Crippen MR) is 71.3 cm³/mol. The molecule has 0 aromatic carbocycles. The summed E-state index contributed by atoms with van der Waals surface area (Å²) in [5, 5.41) is 12.1. The first-order valence-electron chi connectivity index (χ1n) is 7.38. The number of carboxylic acids is 1. The summed E-state index contributed by atoms with van der Waals surface area (Å²) in [6.45, 7) is 0.866. The second-order valence-corrected chi connectivity index (χ2v) is 6.32. The Hall–Kier alpha value is -1.30. The van der Waals surface area contributed by atoms with Gasteiger partial charge in [-0.2, -0.15) is 0 Å². The Morgan fingerprint density at radius 2 is 2.15 bits per heavy atom. The molecule has 1 spiro atoms. The second kappa shape index (κ2) is 4.91. The first-order chi connectivity index (χ1) is 9.56. The van der Waals surface area contributed by atoms with Crippen molar-refractivity contribution in [2.75, 3.05) is 20.2 Å².